The second-order valence-corrected chi connectivity index (χ2v) is 7.62. The molecule has 1 aliphatic heterocycles. The van der Waals surface area contributed by atoms with E-state index in [-0.39, 0.29) is 37.7 Å². The van der Waals surface area contributed by atoms with Crippen LogP contribution < -0.4 is 10.2 Å². The van der Waals surface area contributed by atoms with Crippen LogP contribution in [-0.4, -0.2) is 55.9 Å². The van der Waals surface area contributed by atoms with Crippen LogP contribution in [0.25, 0.3) is 0 Å². The number of amides is 2. The van der Waals surface area contributed by atoms with Gasteiger partial charge in [-0.1, -0.05) is 42.2 Å². The van der Waals surface area contributed by atoms with Crippen LogP contribution in [0.15, 0.2) is 48.5 Å². The first-order valence-electron chi connectivity index (χ1n) is 11.2. The number of carboxylic acids is 1. The lowest BCUT2D eigenvalue weighted by Gasteiger charge is -2.26. The van der Waals surface area contributed by atoms with Crippen molar-refractivity contribution in [1.29, 1.82) is 0 Å². The SMILES string of the molecule is O=C(O)CCOCCOCCNC(=O)CCC(=O)N1Cc2ccccc2C#Cc2ccccc21. The van der Waals surface area contributed by atoms with Gasteiger partial charge in [-0.25, -0.2) is 0 Å². The van der Waals surface area contributed by atoms with Gasteiger partial charge in [-0.05, 0) is 23.8 Å². The Morgan fingerprint density at radius 1 is 0.853 bits per heavy atom. The van der Waals surface area contributed by atoms with Crippen molar-refractivity contribution < 1.29 is 29.0 Å². The molecule has 0 fully saturated rings. The largest absolute Gasteiger partial charge is 0.481 e. The molecular formula is C26H28N2O6. The summed E-state index contributed by atoms with van der Waals surface area (Å²) in [5.74, 6) is 5.07. The number of nitrogens with one attached hydrogen (secondary N) is 1. The zero-order valence-electron chi connectivity index (χ0n) is 18.9. The third kappa shape index (κ3) is 7.73. The lowest BCUT2D eigenvalue weighted by Crippen LogP contribution is -2.34. The van der Waals surface area contributed by atoms with Crippen molar-refractivity contribution in [2.45, 2.75) is 25.8 Å². The topological polar surface area (TPSA) is 105 Å². The fourth-order valence-corrected chi connectivity index (χ4v) is 3.40. The Balaban J connectivity index is 1.44. The smallest absolute Gasteiger partial charge is 0.305 e. The molecule has 34 heavy (non-hydrogen) atoms. The number of hydrogen-bond donors (Lipinski definition) is 2. The van der Waals surface area contributed by atoms with Crippen LogP contribution in [0.5, 0.6) is 0 Å². The molecule has 1 aliphatic rings. The molecule has 2 aromatic rings. The maximum atomic E-state index is 13.1. The zero-order valence-corrected chi connectivity index (χ0v) is 18.9. The summed E-state index contributed by atoms with van der Waals surface area (Å²) in [5.41, 5.74) is 3.37. The minimum atomic E-state index is -0.906. The average Bonchev–Trinajstić information content (AvgIpc) is 2.82. The van der Waals surface area contributed by atoms with Crippen molar-refractivity contribution in [3.63, 3.8) is 0 Å². The van der Waals surface area contributed by atoms with Gasteiger partial charge in [0.1, 0.15) is 0 Å². The third-order valence-electron chi connectivity index (χ3n) is 5.14. The van der Waals surface area contributed by atoms with E-state index in [0.717, 1.165) is 22.4 Å². The van der Waals surface area contributed by atoms with Gasteiger partial charge in [0.15, 0.2) is 0 Å². The van der Waals surface area contributed by atoms with Crippen LogP contribution in [0.2, 0.25) is 0 Å². The Morgan fingerprint density at radius 2 is 1.53 bits per heavy atom. The first-order valence-corrected chi connectivity index (χ1v) is 11.2. The summed E-state index contributed by atoms with van der Waals surface area (Å²) in [5, 5.41) is 11.3. The zero-order chi connectivity index (χ0) is 24.2. The first kappa shape index (κ1) is 25.0. The van der Waals surface area contributed by atoms with E-state index < -0.39 is 5.97 Å². The highest BCUT2D eigenvalue weighted by Crippen LogP contribution is 2.26. The van der Waals surface area contributed by atoms with Crippen molar-refractivity contribution in [3.8, 4) is 11.8 Å². The summed E-state index contributed by atoms with van der Waals surface area (Å²) < 4.78 is 10.4. The van der Waals surface area contributed by atoms with Crippen LogP contribution in [0.3, 0.4) is 0 Å². The van der Waals surface area contributed by atoms with Crippen LogP contribution >= 0.6 is 0 Å². The number of hydrogen-bond acceptors (Lipinski definition) is 5. The molecule has 0 spiro atoms. The van der Waals surface area contributed by atoms with E-state index in [9.17, 15) is 14.4 Å². The quantitative estimate of drug-likeness (QED) is 0.369. The summed E-state index contributed by atoms with van der Waals surface area (Å²) in [6.07, 6.45) is 0.106. The fourth-order valence-electron chi connectivity index (χ4n) is 3.40. The monoisotopic (exact) mass is 464 g/mol. The van der Waals surface area contributed by atoms with Gasteiger partial charge in [0.05, 0.1) is 45.1 Å². The Morgan fingerprint density at radius 3 is 2.32 bits per heavy atom. The number of rotatable bonds is 12. The van der Waals surface area contributed by atoms with E-state index in [2.05, 4.69) is 17.2 Å². The van der Waals surface area contributed by atoms with Gasteiger partial charge < -0.3 is 24.8 Å². The second-order valence-electron chi connectivity index (χ2n) is 7.62. The molecule has 0 atom stereocenters. The van der Waals surface area contributed by atoms with Gasteiger partial charge in [0.25, 0.3) is 0 Å². The number of fused-ring (bicyclic) bond motifs is 2. The van der Waals surface area contributed by atoms with Gasteiger partial charge in [-0.3, -0.25) is 14.4 Å². The van der Waals surface area contributed by atoms with E-state index in [4.69, 9.17) is 14.6 Å². The number of aliphatic carboxylic acids is 1. The molecule has 0 radical (unpaired) electrons. The predicted octanol–water partition coefficient (Wildman–Crippen LogP) is 2.34. The molecule has 1 heterocycles. The van der Waals surface area contributed by atoms with Crippen LogP contribution in [0, 0.1) is 11.8 Å². The van der Waals surface area contributed by atoms with Gasteiger partial charge in [-0.15, -0.1) is 0 Å². The normalized spacial score (nSPS) is 11.8. The number of anilines is 1. The third-order valence-corrected chi connectivity index (χ3v) is 5.14. The van der Waals surface area contributed by atoms with Crippen LogP contribution in [-0.2, 0) is 30.4 Å². The molecule has 2 N–H and O–H groups in total. The van der Waals surface area contributed by atoms with Crippen LogP contribution in [0.1, 0.15) is 36.0 Å². The van der Waals surface area contributed by atoms with Crippen LogP contribution in [0.4, 0.5) is 5.69 Å². The average molecular weight is 465 g/mol. The highest BCUT2D eigenvalue weighted by Gasteiger charge is 2.21. The van der Waals surface area contributed by atoms with E-state index >= 15 is 0 Å². The van der Waals surface area contributed by atoms with E-state index in [1.807, 2.05) is 48.5 Å². The van der Waals surface area contributed by atoms with Crippen molar-refractivity contribution >= 4 is 23.5 Å². The molecule has 0 saturated carbocycles. The molecule has 2 amide bonds. The van der Waals surface area contributed by atoms with E-state index in [0.29, 0.717) is 32.9 Å². The van der Waals surface area contributed by atoms with Crippen molar-refractivity contribution in [2.75, 3.05) is 37.9 Å². The van der Waals surface area contributed by atoms with E-state index in [1.54, 1.807) is 4.90 Å². The number of carboxylic acid groups (broad SMARTS) is 1. The lowest BCUT2D eigenvalue weighted by atomic mass is 10.0. The Kier molecular flexibility index (Phi) is 9.65. The minimum Gasteiger partial charge on any atom is -0.481 e. The maximum absolute atomic E-state index is 13.1. The number of carbonyl (C=O) groups excluding carboxylic acids is 2. The molecule has 178 valence electrons. The second kappa shape index (κ2) is 13.1. The maximum Gasteiger partial charge on any atom is 0.305 e. The number of benzene rings is 2. The van der Waals surface area contributed by atoms with Gasteiger partial charge >= 0.3 is 5.97 Å². The Labute approximate surface area is 198 Å². The molecule has 0 unspecified atom stereocenters. The molecule has 3 rings (SSSR count). The van der Waals surface area contributed by atoms with Crippen molar-refractivity contribution in [1.82, 2.24) is 5.32 Å². The number of ether oxygens (including phenoxy) is 2. The van der Waals surface area contributed by atoms with Gasteiger partial charge in [0.2, 0.25) is 11.8 Å². The molecule has 0 saturated heterocycles. The summed E-state index contributed by atoms with van der Waals surface area (Å²) in [6, 6.07) is 15.3. The predicted molar refractivity (Wildman–Crippen MR) is 126 cm³/mol. The first-order chi connectivity index (χ1) is 16.5. The number of para-hydroxylation sites is 1. The molecule has 0 aromatic heterocycles. The van der Waals surface area contributed by atoms with Crippen molar-refractivity contribution in [2.24, 2.45) is 0 Å². The highest BCUT2D eigenvalue weighted by molar-refractivity contribution is 5.96. The minimum absolute atomic E-state index is 0.0439. The Bertz CT molecular complexity index is 1070. The molecule has 2 aromatic carbocycles. The fraction of sp³-hybridized carbons (Fsp3) is 0.346. The summed E-state index contributed by atoms with van der Waals surface area (Å²) in [4.78, 5) is 37.4. The molecule has 0 aliphatic carbocycles. The Hall–Kier alpha value is -3.67. The summed E-state index contributed by atoms with van der Waals surface area (Å²) in [6.45, 7) is 1.76. The molecule has 8 heteroatoms. The standard InChI is InChI=1S/C26H28N2O6/c29-24(27-14-16-34-18-17-33-15-13-26(31)32)11-12-25(30)28-19-22-7-2-1-5-20(22)9-10-21-6-3-4-8-23(21)28/h1-8H,11-19H2,(H,27,29)(H,31,32). The van der Waals surface area contributed by atoms with Gasteiger partial charge in [0, 0.05) is 30.5 Å². The molecular weight excluding hydrogens is 436 g/mol. The lowest BCUT2D eigenvalue weighted by molar-refractivity contribution is -0.138. The highest BCUT2D eigenvalue weighted by atomic mass is 16.5. The summed E-state index contributed by atoms with van der Waals surface area (Å²) >= 11 is 0. The number of nitrogens with zero attached hydrogens (tertiary/aromatic N) is 1. The van der Waals surface area contributed by atoms with E-state index in [1.165, 1.54) is 0 Å². The number of carbonyl (C=O) groups is 3. The van der Waals surface area contributed by atoms with Crippen molar-refractivity contribution in [3.05, 3.63) is 65.2 Å². The van der Waals surface area contributed by atoms with Gasteiger partial charge in [-0.2, -0.15) is 0 Å². The summed E-state index contributed by atoms with van der Waals surface area (Å²) in [7, 11) is 0. The molecule has 0 bridgehead atoms. The molecule has 8 nitrogen and oxygen atoms in total.